The average Bonchev–Trinajstić information content (AvgIpc) is 2.19. The van der Waals surface area contributed by atoms with Gasteiger partial charge in [-0.05, 0) is 6.42 Å². The normalized spacial score (nSPS) is 8.71. The average molecular weight is 204 g/mol. The smallest absolute Gasteiger partial charge is 0.327 e. The van der Waals surface area contributed by atoms with Crippen molar-refractivity contribution in [1.29, 1.82) is 0 Å². The molecule has 0 rings (SSSR count). The van der Waals surface area contributed by atoms with Gasteiger partial charge < -0.3 is 14.6 Å². The van der Waals surface area contributed by atoms with Crippen molar-refractivity contribution in [2.24, 2.45) is 0 Å². The number of carboxylic acids is 1. The second-order valence-electron chi connectivity index (χ2n) is 2.50. The molecule has 4 nitrogen and oxygen atoms in total. The van der Waals surface area contributed by atoms with Crippen molar-refractivity contribution in [2.45, 2.75) is 19.8 Å². The SMILES string of the molecule is C=CC(=O)O.CCCCOCCOC. The van der Waals surface area contributed by atoms with Crippen LogP contribution in [0.3, 0.4) is 0 Å². The third kappa shape index (κ3) is 22.5. The lowest BCUT2D eigenvalue weighted by atomic mass is 10.4. The number of unbranched alkanes of at least 4 members (excludes halogenated alkanes) is 1. The van der Waals surface area contributed by atoms with Crippen LogP contribution in [0.4, 0.5) is 0 Å². The Bertz CT molecular complexity index is 128. The van der Waals surface area contributed by atoms with Crippen LogP contribution in [0.5, 0.6) is 0 Å². The maximum Gasteiger partial charge on any atom is 0.327 e. The molecule has 4 heteroatoms. The van der Waals surface area contributed by atoms with E-state index in [4.69, 9.17) is 14.6 Å². The summed E-state index contributed by atoms with van der Waals surface area (Å²) in [5.74, 6) is -0.981. The monoisotopic (exact) mass is 204 g/mol. The molecule has 0 aliphatic rings. The topological polar surface area (TPSA) is 55.8 Å². The third-order valence-electron chi connectivity index (χ3n) is 1.25. The van der Waals surface area contributed by atoms with Gasteiger partial charge in [-0.1, -0.05) is 19.9 Å². The van der Waals surface area contributed by atoms with Crippen molar-refractivity contribution in [3.8, 4) is 0 Å². The van der Waals surface area contributed by atoms with Crippen molar-refractivity contribution in [3.05, 3.63) is 12.7 Å². The first-order valence-electron chi connectivity index (χ1n) is 4.61. The van der Waals surface area contributed by atoms with Crippen molar-refractivity contribution in [3.63, 3.8) is 0 Å². The highest BCUT2D eigenvalue weighted by Crippen LogP contribution is 1.86. The van der Waals surface area contributed by atoms with Crippen LogP contribution < -0.4 is 0 Å². The van der Waals surface area contributed by atoms with Gasteiger partial charge in [-0.2, -0.15) is 0 Å². The maximum absolute atomic E-state index is 9.25. The molecule has 0 unspecified atom stereocenters. The van der Waals surface area contributed by atoms with Gasteiger partial charge in [-0.3, -0.25) is 0 Å². The number of ether oxygens (including phenoxy) is 2. The number of hydrogen-bond donors (Lipinski definition) is 1. The van der Waals surface area contributed by atoms with Gasteiger partial charge in [0.15, 0.2) is 0 Å². The summed E-state index contributed by atoms with van der Waals surface area (Å²) in [6, 6.07) is 0. The Balaban J connectivity index is 0. The van der Waals surface area contributed by atoms with Gasteiger partial charge in [0.1, 0.15) is 0 Å². The number of hydrogen-bond acceptors (Lipinski definition) is 3. The lowest BCUT2D eigenvalue weighted by Gasteiger charge is -2.00. The summed E-state index contributed by atoms with van der Waals surface area (Å²) >= 11 is 0. The van der Waals surface area contributed by atoms with E-state index in [0.717, 1.165) is 25.7 Å². The summed E-state index contributed by atoms with van der Waals surface area (Å²) < 4.78 is 9.99. The molecule has 0 heterocycles. The lowest BCUT2D eigenvalue weighted by Crippen LogP contribution is -2.02. The van der Waals surface area contributed by atoms with E-state index in [0.29, 0.717) is 6.61 Å². The highest BCUT2D eigenvalue weighted by atomic mass is 16.5. The Morgan fingerprint density at radius 3 is 2.36 bits per heavy atom. The molecule has 0 aromatic heterocycles. The van der Waals surface area contributed by atoms with Crippen LogP contribution in [0, 0.1) is 0 Å². The molecular weight excluding hydrogens is 184 g/mol. The Labute approximate surface area is 85.5 Å². The fourth-order valence-electron chi connectivity index (χ4n) is 0.491. The fourth-order valence-corrected chi connectivity index (χ4v) is 0.491. The van der Waals surface area contributed by atoms with E-state index >= 15 is 0 Å². The molecule has 84 valence electrons. The molecule has 0 aromatic rings. The second-order valence-corrected chi connectivity index (χ2v) is 2.50. The molecule has 14 heavy (non-hydrogen) atoms. The van der Waals surface area contributed by atoms with Crippen LogP contribution in [-0.2, 0) is 14.3 Å². The van der Waals surface area contributed by atoms with E-state index in [-0.39, 0.29) is 0 Å². The number of rotatable bonds is 7. The van der Waals surface area contributed by atoms with E-state index in [2.05, 4.69) is 13.5 Å². The number of carboxylic acid groups (broad SMARTS) is 1. The molecule has 0 saturated carbocycles. The second kappa shape index (κ2) is 14.6. The van der Waals surface area contributed by atoms with Crippen molar-refractivity contribution >= 4 is 5.97 Å². The molecule has 0 aromatic carbocycles. The van der Waals surface area contributed by atoms with E-state index < -0.39 is 5.97 Å². The zero-order valence-electron chi connectivity index (χ0n) is 8.99. The van der Waals surface area contributed by atoms with Crippen molar-refractivity contribution < 1.29 is 19.4 Å². The zero-order chi connectivity index (χ0) is 11.2. The minimum atomic E-state index is -0.981. The minimum Gasteiger partial charge on any atom is -0.478 e. The summed E-state index contributed by atoms with van der Waals surface area (Å²) in [5.41, 5.74) is 0. The van der Waals surface area contributed by atoms with Crippen LogP contribution in [-0.4, -0.2) is 38.0 Å². The molecule has 0 bridgehead atoms. The molecule has 0 aliphatic heterocycles. The Hall–Kier alpha value is -0.870. The predicted molar refractivity (Wildman–Crippen MR) is 55.4 cm³/mol. The van der Waals surface area contributed by atoms with Gasteiger partial charge in [0, 0.05) is 19.8 Å². The summed E-state index contributed by atoms with van der Waals surface area (Å²) in [6.45, 7) is 7.43. The number of methoxy groups -OCH3 is 1. The first-order valence-corrected chi connectivity index (χ1v) is 4.61. The lowest BCUT2D eigenvalue weighted by molar-refractivity contribution is -0.131. The molecule has 0 fully saturated rings. The van der Waals surface area contributed by atoms with Gasteiger partial charge >= 0.3 is 5.97 Å². The van der Waals surface area contributed by atoms with Crippen LogP contribution in [0.2, 0.25) is 0 Å². The largest absolute Gasteiger partial charge is 0.478 e. The molecule has 0 atom stereocenters. The Kier molecular flexibility index (Phi) is 16.3. The van der Waals surface area contributed by atoms with Gasteiger partial charge in [0.05, 0.1) is 13.2 Å². The Morgan fingerprint density at radius 2 is 2.00 bits per heavy atom. The minimum absolute atomic E-state index is 0.712. The molecular formula is C10H20O4. The highest BCUT2D eigenvalue weighted by molar-refractivity contribution is 5.78. The quantitative estimate of drug-likeness (QED) is 0.506. The molecule has 0 saturated heterocycles. The van der Waals surface area contributed by atoms with Crippen molar-refractivity contribution in [1.82, 2.24) is 0 Å². The van der Waals surface area contributed by atoms with Gasteiger partial charge in [0.25, 0.3) is 0 Å². The summed E-state index contributed by atoms with van der Waals surface area (Å²) in [4.78, 5) is 9.25. The third-order valence-corrected chi connectivity index (χ3v) is 1.25. The van der Waals surface area contributed by atoms with Crippen LogP contribution in [0.15, 0.2) is 12.7 Å². The molecule has 0 radical (unpaired) electrons. The molecule has 0 spiro atoms. The van der Waals surface area contributed by atoms with Crippen LogP contribution in [0.25, 0.3) is 0 Å². The van der Waals surface area contributed by atoms with Gasteiger partial charge in [-0.25, -0.2) is 4.79 Å². The van der Waals surface area contributed by atoms with E-state index in [1.807, 2.05) is 0 Å². The summed E-state index contributed by atoms with van der Waals surface area (Å²) in [6.07, 6.45) is 3.19. The first-order chi connectivity index (χ1) is 6.68. The summed E-state index contributed by atoms with van der Waals surface area (Å²) in [5, 5.41) is 7.60. The van der Waals surface area contributed by atoms with Gasteiger partial charge in [-0.15, -0.1) is 0 Å². The van der Waals surface area contributed by atoms with Gasteiger partial charge in [0.2, 0.25) is 0 Å². The maximum atomic E-state index is 9.25. The van der Waals surface area contributed by atoms with E-state index in [1.165, 1.54) is 6.42 Å². The van der Waals surface area contributed by atoms with E-state index in [1.54, 1.807) is 7.11 Å². The number of aliphatic carboxylic acids is 1. The van der Waals surface area contributed by atoms with Crippen LogP contribution >= 0.6 is 0 Å². The van der Waals surface area contributed by atoms with Crippen LogP contribution in [0.1, 0.15) is 19.8 Å². The molecule has 1 N–H and O–H groups in total. The number of carbonyl (C=O) groups is 1. The Morgan fingerprint density at radius 1 is 1.43 bits per heavy atom. The van der Waals surface area contributed by atoms with Crippen molar-refractivity contribution in [2.75, 3.05) is 26.9 Å². The fraction of sp³-hybridized carbons (Fsp3) is 0.700. The zero-order valence-corrected chi connectivity index (χ0v) is 8.99. The van der Waals surface area contributed by atoms with E-state index in [9.17, 15) is 4.79 Å². The highest BCUT2D eigenvalue weighted by Gasteiger charge is 1.84. The predicted octanol–water partition coefficient (Wildman–Crippen LogP) is 1.71. The summed E-state index contributed by atoms with van der Waals surface area (Å²) in [7, 11) is 1.68. The standard InChI is InChI=1S/C7H16O2.C3H4O2/c1-3-4-5-9-7-6-8-2;1-2-3(4)5/h3-7H2,1-2H3;2H,1H2,(H,4,5). The first kappa shape index (κ1) is 15.6. The molecule has 0 aliphatic carbocycles. The molecule has 0 amide bonds.